The van der Waals surface area contributed by atoms with E-state index >= 15 is 0 Å². The summed E-state index contributed by atoms with van der Waals surface area (Å²) in [7, 11) is 0. The van der Waals surface area contributed by atoms with Crippen LogP contribution in [0, 0.1) is 24.0 Å². The van der Waals surface area contributed by atoms with E-state index in [1.165, 1.54) is 6.07 Å². The van der Waals surface area contributed by atoms with Gasteiger partial charge in [0.15, 0.2) is 0 Å². The smallest absolute Gasteiger partial charge is 0.272 e. The van der Waals surface area contributed by atoms with Crippen LogP contribution in [0.4, 0.5) is 11.4 Å². The van der Waals surface area contributed by atoms with Crippen molar-refractivity contribution in [2.45, 2.75) is 27.2 Å². The Labute approximate surface area is 112 Å². The van der Waals surface area contributed by atoms with E-state index < -0.39 is 4.92 Å². The number of aryl methyl sites for hydroxylation is 2. The minimum absolute atomic E-state index is 0.0724. The number of nitro groups is 1. The number of nitro benzene ring substituents is 1. The summed E-state index contributed by atoms with van der Waals surface area (Å²) in [6, 6.07) is 3.12. The molecule has 6 nitrogen and oxygen atoms in total. The van der Waals surface area contributed by atoms with Gasteiger partial charge < -0.3 is 10.6 Å². The predicted molar refractivity (Wildman–Crippen MR) is 74.4 cm³/mol. The average molecular weight is 265 g/mol. The Morgan fingerprint density at radius 2 is 2.00 bits per heavy atom. The molecule has 0 aliphatic heterocycles. The lowest BCUT2D eigenvalue weighted by Crippen LogP contribution is -2.21. The first-order valence-corrected chi connectivity index (χ1v) is 6.22. The first-order chi connectivity index (χ1) is 8.95. The SMILES string of the molecule is CCNCCC(=O)Nc1cc(C)c([N+](=O)[O-])cc1C. The second-order valence-corrected chi connectivity index (χ2v) is 4.36. The van der Waals surface area contributed by atoms with Crippen LogP contribution >= 0.6 is 0 Å². The second-order valence-electron chi connectivity index (χ2n) is 4.36. The van der Waals surface area contributed by atoms with Crippen LogP contribution in [0.2, 0.25) is 0 Å². The molecule has 0 unspecified atom stereocenters. The van der Waals surface area contributed by atoms with Crippen molar-refractivity contribution in [3.63, 3.8) is 0 Å². The van der Waals surface area contributed by atoms with Crippen LogP contribution in [0.25, 0.3) is 0 Å². The van der Waals surface area contributed by atoms with Crippen molar-refractivity contribution >= 4 is 17.3 Å². The third-order valence-corrected chi connectivity index (χ3v) is 2.79. The van der Waals surface area contributed by atoms with Crippen LogP contribution in [-0.2, 0) is 4.79 Å². The van der Waals surface area contributed by atoms with Crippen molar-refractivity contribution in [3.05, 3.63) is 33.4 Å². The Kier molecular flexibility index (Phi) is 5.44. The Morgan fingerprint density at radius 3 is 2.58 bits per heavy atom. The fourth-order valence-corrected chi connectivity index (χ4v) is 1.72. The number of carbonyl (C=O) groups excluding carboxylic acids is 1. The number of nitrogens with zero attached hydrogens (tertiary/aromatic N) is 1. The molecule has 0 fully saturated rings. The van der Waals surface area contributed by atoms with E-state index in [0.717, 1.165) is 6.54 Å². The van der Waals surface area contributed by atoms with E-state index in [-0.39, 0.29) is 11.6 Å². The van der Waals surface area contributed by atoms with E-state index in [4.69, 9.17) is 0 Å². The van der Waals surface area contributed by atoms with Crippen LogP contribution in [0.1, 0.15) is 24.5 Å². The van der Waals surface area contributed by atoms with Gasteiger partial charge in [0.2, 0.25) is 5.91 Å². The van der Waals surface area contributed by atoms with Gasteiger partial charge in [0.05, 0.1) is 4.92 Å². The maximum atomic E-state index is 11.7. The molecule has 0 aromatic heterocycles. The molecule has 0 aliphatic rings. The molecule has 0 aliphatic carbocycles. The molecule has 1 amide bonds. The molecule has 6 heteroatoms. The summed E-state index contributed by atoms with van der Waals surface area (Å²) in [6.45, 7) is 6.82. The first-order valence-electron chi connectivity index (χ1n) is 6.22. The second kappa shape index (κ2) is 6.84. The van der Waals surface area contributed by atoms with Crippen molar-refractivity contribution in [3.8, 4) is 0 Å². The normalized spacial score (nSPS) is 10.3. The fourth-order valence-electron chi connectivity index (χ4n) is 1.72. The van der Waals surface area contributed by atoms with Crippen molar-refractivity contribution in [2.24, 2.45) is 0 Å². The summed E-state index contributed by atoms with van der Waals surface area (Å²) in [5, 5.41) is 16.6. The third-order valence-electron chi connectivity index (χ3n) is 2.79. The third kappa shape index (κ3) is 4.33. The Balaban J connectivity index is 2.77. The molecule has 1 aromatic rings. The van der Waals surface area contributed by atoms with Crippen molar-refractivity contribution < 1.29 is 9.72 Å². The van der Waals surface area contributed by atoms with Gasteiger partial charge in [-0.05, 0) is 32.0 Å². The summed E-state index contributed by atoms with van der Waals surface area (Å²) < 4.78 is 0. The standard InChI is InChI=1S/C13H19N3O3/c1-4-14-6-5-13(17)15-11-7-10(3)12(16(18)19)8-9(11)2/h7-8,14H,4-6H2,1-3H3,(H,15,17). The molecule has 0 saturated carbocycles. The van der Waals surface area contributed by atoms with Gasteiger partial charge in [0.1, 0.15) is 0 Å². The first kappa shape index (κ1) is 15.1. The van der Waals surface area contributed by atoms with E-state index in [1.807, 2.05) is 6.92 Å². The molecule has 2 N–H and O–H groups in total. The molecule has 19 heavy (non-hydrogen) atoms. The van der Waals surface area contributed by atoms with Crippen LogP contribution in [0.5, 0.6) is 0 Å². The number of carbonyl (C=O) groups is 1. The minimum atomic E-state index is -0.418. The highest BCUT2D eigenvalue weighted by Gasteiger charge is 2.14. The minimum Gasteiger partial charge on any atom is -0.326 e. The van der Waals surface area contributed by atoms with Gasteiger partial charge in [0.25, 0.3) is 5.69 Å². The highest BCUT2D eigenvalue weighted by molar-refractivity contribution is 5.92. The van der Waals surface area contributed by atoms with Gasteiger partial charge in [-0.25, -0.2) is 0 Å². The fraction of sp³-hybridized carbons (Fsp3) is 0.462. The highest BCUT2D eigenvalue weighted by atomic mass is 16.6. The zero-order valence-electron chi connectivity index (χ0n) is 11.4. The van der Waals surface area contributed by atoms with Gasteiger partial charge in [-0.15, -0.1) is 0 Å². The summed E-state index contributed by atoms with van der Waals surface area (Å²) in [6.07, 6.45) is 0.378. The molecule has 0 saturated heterocycles. The Bertz CT molecular complexity index is 486. The molecule has 1 rings (SSSR count). The summed E-state index contributed by atoms with van der Waals surface area (Å²) in [4.78, 5) is 22.1. The van der Waals surface area contributed by atoms with Crippen molar-refractivity contribution in [1.29, 1.82) is 0 Å². The van der Waals surface area contributed by atoms with Crippen LogP contribution in [0.3, 0.4) is 0 Å². The molecule has 0 heterocycles. The number of benzene rings is 1. The van der Waals surface area contributed by atoms with Gasteiger partial charge in [-0.3, -0.25) is 14.9 Å². The number of nitrogens with one attached hydrogen (secondary N) is 2. The molecular weight excluding hydrogens is 246 g/mol. The van der Waals surface area contributed by atoms with E-state index in [2.05, 4.69) is 10.6 Å². The summed E-state index contributed by atoms with van der Waals surface area (Å²) in [5.41, 5.74) is 1.93. The van der Waals surface area contributed by atoms with Gasteiger partial charge >= 0.3 is 0 Å². The van der Waals surface area contributed by atoms with Gasteiger partial charge in [-0.2, -0.15) is 0 Å². The van der Waals surface area contributed by atoms with E-state index in [1.54, 1.807) is 19.9 Å². The molecule has 0 atom stereocenters. The Morgan fingerprint density at radius 1 is 1.32 bits per heavy atom. The number of amides is 1. The Hall–Kier alpha value is -1.95. The lowest BCUT2D eigenvalue weighted by Gasteiger charge is -2.10. The van der Waals surface area contributed by atoms with Gasteiger partial charge in [0, 0.05) is 30.3 Å². The van der Waals surface area contributed by atoms with Gasteiger partial charge in [-0.1, -0.05) is 6.92 Å². The summed E-state index contributed by atoms with van der Waals surface area (Å²) in [5.74, 6) is -0.0997. The quantitative estimate of drug-likeness (QED) is 0.469. The molecule has 1 aromatic carbocycles. The molecule has 0 spiro atoms. The van der Waals surface area contributed by atoms with E-state index in [9.17, 15) is 14.9 Å². The lowest BCUT2D eigenvalue weighted by atomic mass is 10.1. The number of rotatable bonds is 6. The molecule has 0 bridgehead atoms. The number of hydrogen-bond donors (Lipinski definition) is 2. The molecular formula is C13H19N3O3. The lowest BCUT2D eigenvalue weighted by molar-refractivity contribution is -0.385. The molecule has 104 valence electrons. The maximum Gasteiger partial charge on any atom is 0.272 e. The molecule has 0 radical (unpaired) electrons. The predicted octanol–water partition coefficient (Wildman–Crippen LogP) is 2.15. The average Bonchev–Trinajstić information content (AvgIpc) is 2.33. The summed E-state index contributed by atoms with van der Waals surface area (Å²) >= 11 is 0. The van der Waals surface area contributed by atoms with Crippen molar-refractivity contribution in [2.75, 3.05) is 18.4 Å². The highest BCUT2D eigenvalue weighted by Crippen LogP contribution is 2.25. The number of hydrogen-bond acceptors (Lipinski definition) is 4. The van der Waals surface area contributed by atoms with Crippen molar-refractivity contribution in [1.82, 2.24) is 5.32 Å². The van der Waals surface area contributed by atoms with E-state index in [0.29, 0.717) is 29.8 Å². The van der Waals surface area contributed by atoms with Crippen LogP contribution in [0.15, 0.2) is 12.1 Å². The monoisotopic (exact) mass is 265 g/mol. The largest absolute Gasteiger partial charge is 0.326 e. The maximum absolute atomic E-state index is 11.7. The zero-order chi connectivity index (χ0) is 14.4. The topological polar surface area (TPSA) is 84.3 Å². The number of anilines is 1. The van der Waals surface area contributed by atoms with Crippen LogP contribution in [-0.4, -0.2) is 23.9 Å². The zero-order valence-corrected chi connectivity index (χ0v) is 11.4. The van der Waals surface area contributed by atoms with Crippen LogP contribution < -0.4 is 10.6 Å².